The van der Waals surface area contributed by atoms with E-state index in [1.807, 2.05) is 30.4 Å². The molecule has 2 aliphatic rings. The van der Waals surface area contributed by atoms with Crippen LogP contribution in [0.1, 0.15) is 5.56 Å². The Morgan fingerprint density at radius 3 is 3.00 bits per heavy atom. The summed E-state index contributed by atoms with van der Waals surface area (Å²) in [6.45, 7) is 1.31. The van der Waals surface area contributed by atoms with E-state index in [0.29, 0.717) is 34.7 Å². The number of amides is 1. The Labute approximate surface area is 150 Å². The van der Waals surface area contributed by atoms with Crippen LogP contribution in [0.15, 0.2) is 34.8 Å². The van der Waals surface area contributed by atoms with Crippen LogP contribution in [-0.2, 0) is 9.53 Å². The van der Waals surface area contributed by atoms with Crippen LogP contribution in [0.4, 0.5) is 0 Å². The summed E-state index contributed by atoms with van der Waals surface area (Å²) >= 11 is 6.58. The molecule has 0 bridgehead atoms. The number of benzene rings is 1. The molecule has 0 atom stereocenters. The SMILES string of the molecule is COCCN1C(=O)/C(=C/C2=Cc3cccc(OC)c3OC2)SC1=S. The van der Waals surface area contributed by atoms with Gasteiger partial charge in [0.2, 0.25) is 0 Å². The average molecular weight is 363 g/mol. The fourth-order valence-electron chi connectivity index (χ4n) is 2.49. The van der Waals surface area contributed by atoms with Gasteiger partial charge in [-0.05, 0) is 23.8 Å². The molecule has 1 amide bonds. The number of ether oxygens (including phenoxy) is 3. The minimum atomic E-state index is -0.0839. The Balaban J connectivity index is 1.83. The van der Waals surface area contributed by atoms with Crippen molar-refractivity contribution in [3.05, 3.63) is 40.3 Å². The van der Waals surface area contributed by atoms with Crippen molar-refractivity contribution in [2.24, 2.45) is 0 Å². The first-order valence-electron chi connectivity index (χ1n) is 7.38. The summed E-state index contributed by atoms with van der Waals surface area (Å²) in [5.41, 5.74) is 1.85. The van der Waals surface area contributed by atoms with E-state index in [1.54, 1.807) is 19.1 Å². The zero-order valence-electron chi connectivity index (χ0n) is 13.4. The lowest BCUT2D eigenvalue weighted by Gasteiger charge is -2.18. The lowest BCUT2D eigenvalue weighted by Crippen LogP contribution is -2.31. The zero-order valence-corrected chi connectivity index (χ0v) is 15.0. The second-order valence-electron chi connectivity index (χ2n) is 5.21. The fraction of sp³-hybridized carbons (Fsp3) is 0.294. The standard InChI is InChI=1S/C17H17NO4S2/c1-20-7-6-18-16(19)14(24-17(18)23)9-11-8-12-4-3-5-13(21-2)15(12)22-10-11/h3-5,8-9H,6-7,10H2,1-2H3/b14-9-. The number of fused-ring (bicyclic) bond motifs is 1. The molecule has 7 heteroatoms. The molecule has 0 aliphatic carbocycles. The van der Waals surface area contributed by atoms with Crippen molar-refractivity contribution in [2.45, 2.75) is 0 Å². The van der Waals surface area contributed by atoms with Crippen LogP contribution in [0.5, 0.6) is 11.5 Å². The van der Waals surface area contributed by atoms with Gasteiger partial charge in [0, 0.05) is 12.7 Å². The van der Waals surface area contributed by atoms with Crippen molar-refractivity contribution < 1.29 is 19.0 Å². The Kier molecular flexibility index (Phi) is 5.23. The summed E-state index contributed by atoms with van der Waals surface area (Å²) in [5.74, 6) is 1.35. The molecular formula is C17H17NO4S2. The van der Waals surface area contributed by atoms with Crippen molar-refractivity contribution in [3.8, 4) is 11.5 Å². The van der Waals surface area contributed by atoms with Gasteiger partial charge in [0.25, 0.3) is 5.91 Å². The topological polar surface area (TPSA) is 48.0 Å². The van der Waals surface area contributed by atoms with Crippen molar-refractivity contribution >= 4 is 40.3 Å². The maximum Gasteiger partial charge on any atom is 0.266 e. The van der Waals surface area contributed by atoms with Gasteiger partial charge in [-0.15, -0.1) is 0 Å². The maximum atomic E-state index is 12.4. The molecule has 1 fully saturated rings. The lowest BCUT2D eigenvalue weighted by molar-refractivity contribution is -0.122. The third-order valence-corrected chi connectivity index (χ3v) is 5.04. The van der Waals surface area contributed by atoms with Gasteiger partial charge in [-0.3, -0.25) is 9.69 Å². The summed E-state index contributed by atoms with van der Waals surface area (Å²) in [6.07, 6.45) is 3.84. The normalized spacial score (nSPS) is 18.5. The van der Waals surface area contributed by atoms with E-state index in [1.165, 1.54) is 11.8 Å². The summed E-state index contributed by atoms with van der Waals surface area (Å²) in [4.78, 5) is 14.6. The van der Waals surface area contributed by atoms with E-state index in [4.69, 9.17) is 26.4 Å². The molecular weight excluding hydrogens is 346 g/mol. The highest BCUT2D eigenvalue weighted by molar-refractivity contribution is 8.26. The van der Waals surface area contributed by atoms with E-state index in [-0.39, 0.29) is 5.91 Å². The highest BCUT2D eigenvalue weighted by atomic mass is 32.2. The number of para-hydroxylation sites is 1. The summed E-state index contributed by atoms with van der Waals surface area (Å²) in [7, 11) is 3.22. The number of hydrogen-bond donors (Lipinski definition) is 0. The highest BCUT2D eigenvalue weighted by Crippen LogP contribution is 2.37. The van der Waals surface area contributed by atoms with Crippen molar-refractivity contribution in [1.29, 1.82) is 0 Å². The zero-order chi connectivity index (χ0) is 17.1. The number of methoxy groups -OCH3 is 2. The highest BCUT2D eigenvalue weighted by Gasteiger charge is 2.32. The van der Waals surface area contributed by atoms with E-state index >= 15 is 0 Å². The fourth-order valence-corrected chi connectivity index (χ4v) is 3.81. The van der Waals surface area contributed by atoms with Gasteiger partial charge in [-0.25, -0.2) is 0 Å². The molecule has 0 spiro atoms. The molecule has 0 N–H and O–H groups in total. The number of rotatable bonds is 5. The molecule has 1 aromatic rings. The summed E-state index contributed by atoms with van der Waals surface area (Å²) in [6, 6.07) is 5.72. The third kappa shape index (κ3) is 3.33. The van der Waals surface area contributed by atoms with Crippen LogP contribution in [0.25, 0.3) is 6.08 Å². The van der Waals surface area contributed by atoms with Gasteiger partial charge in [-0.2, -0.15) is 0 Å². The van der Waals surface area contributed by atoms with Crippen LogP contribution in [0, 0.1) is 0 Å². The maximum absolute atomic E-state index is 12.4. The first-order chi connectivity index (χ1) is 11.6. The minimum Gasteiger partial charge on any atom is -0.493 e. The van der Waals surface area contributed by atoms with Crippen LogP contribution in [0.2, 0.25) is 0 Å². The van der Waals surface area contributed by atoms with Gasteiger partial charge >= 0.3 is 0 Å². The van der Waals surface area contributed by atoms with E-state index < -0.39 is 0 Å². The molecule has 2 aliphatic heterocycles. The van der Waals surface area contributed by atoms with Crippen LogP contribution < -0.4 is 9.47 Å². The number of hydrogen-bond acceptors (Lipinski definition) is 6. The first-order valence-corrected chi connectivity index (χ1v) is 8.61. The molecule has 24 heavy (non-hydrogen) atoms. The van der Waals surface area contributed by atoms with Crippen molar-refractivity contribution in [2.75, 3.05) is 34.0 Å². The predicted molar refractivity (Wildman–Crippen MR) is 98.3 cm³/mol. The molecule has 2 heterocycles. The number of thiocarbonyl (C=S) groups is 1. The largest absolute Gasteiger partial charge is 0.493 e. The number of carbonyl (C=O) groups excluding carboxylic acids is 1. The Hall–Kier alpha value is -1.83. The quantitative estimate of drug-likeness (QED) is 0.592. The van der Waals surface area contributed by atoms with Gasteiger partial charge in [-0.1, -0.05) is 36.1 Å². The number of nitrogens with zero attached hydrogens (tertiary/aromatic N) is 1. The molecule has 0 aromatic heterocycles. The molecule has 0 radical (unpaired) electrons. The number of carbonyl (C=O) groups is 1. The Morgan fingerprint density at radius 2 is 2.25 bits per heavy atom. The van der Waals surface area contributed by atoms with Gasteiger partial charge in [0.15, 0.2) is 11.5 Å². The van der Waals surface area contributed by atoms with Gasteiger partial charge in [0.1, 0.15) is 10.9 Å². The average Bonchev–Trinajstić information content (AvgIpc) is 2.85. The second-order valence-corrected chi connectivity index (χ2v) is 6.89. The first kappa shape index (κ1) is 17.0. The van der Waals surface area contributed by atoms with Crippen LogP contribution >= 0.6 is 24.0 Å². The molecule has 1 aromatic carbocycles. The molecule has 126 valence electrons. The number of thioether (sulfide) groups is 1. The Bertz CT molecular complexity index is 742. The molecule has 1 saturated heterocycles. The van der Waals surface area contributed by atoms with Gasteiger partial charge in [0.05, 0.1) is 25.2 Å². The molecule has 3 rings (SSSR count). The molecule has 5 nitrogen and oxygen atoms in total. The van der Waals surface area contributed by atoms with Gasteiger partial charge < -0.3 is 14.2 Å². The predicted octanol–water partition coefficient (Wildman–Crippen LogP) is 2.86. The molecule has 0 saturated carbocycles. The minimum absolute atomic E-state index is 0.0839. The monoisotopic (exact) mass is 363 g/mol. The third-order valence-electron chi connectivity index (χ3n) is 3.66. The Morgan fingerprint density at radius 1 is 1.42 bits per heavy atom. The van der Waals surface area contributed by atoms with E-state index in [2.05, 4.69) is 0 Å². The van der Waals surface area contributed by atoms with E-state index in [9.17, 15) is 4.79 Å². The second kappa shape index (κ2) is 7.38. The van der Waals surface area contributed by atoms with Crippen molar-refractivity contribution in [3.63, 3.8) is 0 Å². The van der Waals surface area contributed by atoms with Crippen molar-refractivity contribution in [1.82, 2.24) is 4.90 Å². The van der Waals surface area contributed by atoms with Crippen LogP contribution in [-0.4, -0.2) is 49.1 Å². The van der Waals surface area contributed by atoms with Crippen LogP contribution in [0.3, 0.4) is 0 Å². The van der Waals surface area contributed by atoms with E-state index in [0.717, 1.165) is 16.9 Å². The molecule has 0 unspecified atom stereocenters. The smallest absolute Gasteiger partial charge is 0.266 e. The lowest BCUT2D eigenvalue weighted by atomic mass is 10.1. The summed E-state index contributed by atoms with van der Waals surface area (Å²) in [5, 5.41) is 0. The summed E-state index contributed by atoms with van der Waals surface area (Å²) < 4.78 is 16.7.